The van der Waals surface area contributed by atoms with E-state index in [9.17, 15) is 14.4 Å². The first-order valence-electron chi connectivity index (χ1n) is 40.1. The van der Waals surface area contributed by atoms with E-state index < -0.39 is 0 Å². The van der Waals surface area contributed by atoms with E-state index in [1.165, 1.54) is 251 Å². The Kier molecular flexibility index (Phi) is 121. The molecule has 0 heterocycles. The predicted molar refractivity (Wildman–Crippen MR) is 409 cm³/mol. The number of esters is 1. The smallest absolute Gasteiger partial charge is 0.468 e. The van der Waals surface area contributed by atoms with Crippen molar-refractivity contribution in [2.24, 2.45) is 17.8 Å². The number of unbranched alkanes of at least 4 members (excludes halogenated alkanes) is 33. The molecule has 0 radical (unpaired) electrons. The molecule has 1 atom stereocenters. The summed E-state index contributed by atoms with van der Waals surface area (Å²) in [7, 11) is 0. The summed E-state index contributed by atoms with van der Waals surface area (Å²) in [5.41, 5.74) is 0. The van der Waals surface area contributed by atoms with E-state index >= 15 is 0 Å². The maximum absolute atomic E-state index is 13.1. The summed E-state index contributed by atoms with van der Waals surface area (Å²) in [4.78, 5) is 45.4. The molecule has 1 amide bonds. The molecule has 0 aliphatic heterocycles. The monoisotopic (exact) mass is 1360 g/mol. The van der Waals surface area contributed by atoms with Crippen molar-refractivity contribution in [3.63, 3.8) is 0 Å². The molecule has 0 rings (SSSR count). The minimum Gasteiger partial charge on any atom is -0.468 e. The average molecular weight is 1370 g/mol. The van der Waals surface area contributed by atoms with Crippen LogP contribution in [-0.2, 0) is 42.9 Å². The van der Waals surface area contributed by atoms with Crippen LogP contribution in [0.5, 0.6) is 0 Å². The third-order valence-electron chi connectivity index (χ3n) is 16.9. The fraction of sp³-hybridized carbons (Fsp3) is 0.916. The number of hydrogen-bond donors (Lipinski definition) is 0. The number of amides is 1. The molecular formula is C83H170KNO9-2. The average Bonchev–Trinajstić information content (AvgIpc) is 1.91. The molecule has 0 aliphatic rings. The van der Waals surface area contributed by atoms with Crippen LogP contribution in [0.25, 0.3) is 0 Å². The molecule has 0 spiro atoms. The fourth-order valence-electron chi connectivity index (χ4n) is 10.5. The van der Waals surface area contributed by atoms with Crippen LogP contribution in [0.15, 0.2) is 0 Å². The predicted octanol–water partition coefficient (Wildman–Crippen LogP) is 22.8. The van der Waals surface area contributed by atoms with Crippen LogP contribution in [0, 0.1) is 39.0 Å². The second kappa shape index (κ2) is 104. The topological polar surface area (TPSA) is 118 Å². The van der Waals surface area contributed by atoms with E-state index in [4.69, 9.17) is 23.7 Å². The second-order valence-corrected chi connectivity index (χ2v) is 26.5. The van der Waals surface area contributed by atoms with E-state index in [0.717, 1.165) is 96.0 Å². The van der Waals surface area contributed by atoms with Gasteiger partial charge in [-0.15, -0.1) is 0 Å². The summed E-state index contributed by atoms with van der Waals surface area (Å²) in [5.74, 6) is 2.16. The molecule has 0 aromatic carbocycles. The molecular weight excluding hydrogens is 1190 g/mol. The van der Waals surface area contributed by atoms with Crippen LogP contribution in [0.4, 0.5) is 0 Å². The number of aldehydes is 1. The van der Waals surface area contributed by atoms with E-state index in [0.29, 0.717) is 70.9 Å². The van der Waals surface area contributed by atoms with Crippen LogP contribution in [0.3, 0.4) is 0 Å². The van der Waals surface area contributed by atoms with Gasteiger partial charge in [0, 0.05) is 32.0 Å². The quantitative estimate of drug-likeness (QED) is 0.0193. The molecule has 1 unspecified atom stereocenters. The van der Waals surface area contributed by atoms with E-state index in [-0.39, 0.29) is 76.8 Å². The van der Waals surface area contributed by atoms with Gasteiger partial charge in [-0.25, -0.2) is 0 Å². The van der Waals surface area contributed by atoms with Gasteiger partial charge in [-0.1, -0.05) is 333 Å². The minimum absolute atomic E-state index is 0. The second-order valence-electron chi connectivity index (χ2n) is 26.5. The SMILES string of the molecule is CC=O.CCCCCCCCC(C)C(=O)N(CCCCCCCC)CCOCCOCCOCCC.CCCCCCCCC(C)CCCCCCCC.CCCCCCCCC(CCCCCCCC)OC(=O)CCCCCC.CCCOC=O.[CH2-]CC(C)C[CH2-].[CH3-].[K+]. The molecule has 0 fully saturated rings. The van der Waals surface area contributed by atoms with Crippen LogP contribution in [0.1, 0.15) is 411 Å². The molecule has 0 saturated carbocycles. The van der Waals surface area contributed by atoms with Crippen LogP contribution < -0.4 is 51.4 Å². The minimum atomic E-state index is 0. The Balaban J connectivity index is -0.000000179. The van der Waals surface area contributed by atoms with Crippen molar-refractivity contribution in [3.05, 3.63) is 21.3 Å². The number of ether oxygens (including phenoxy) is 5. The van der Waals surface area contributed by atoms with Crippen LogP contribution in [-0.4, -0.2) is 95.0 Å². The van der Waals surface area contributed by atoms with Gasteiger partial charge in [-0.05, 0) is 70.6 Å². The van der Waals surface area contributed by atoms with Gasteiger partial charge >= 0.3 is 57.4 Å². The zero-order chi connectivity index (χ0) is 69.7. The van der Waals surface area contributed by atoms with Crippen LogP contribution in [0.2, 0.25) is 0 Å². The standard InChI is InChI=1S/C28H57NO4.C24H48O2.C18H38.C6H12.C4H8O2.C2H4O.CH3.K/c1-5-8-10-12-14-16-18-27(4)28(30)29(19-17-15-13-11-9-6-2)20-22-32-24-26-33-25-23-31-21-7-3;1-4-7-10-13-15-17-20-23(21-18-16-14-11-8-5-2)26-24(25)22-19-12-9-6-3;1-4-6-8-10-12-14-16-18(3)17-15-13-11-9-7-5-2;1-4-6(3)5-2;1-2-3-6-4-5;1-2-3;;/h27H,5-26H2,1-4H3;23H,4-22H2,1-3H3;18H,4-17H2,1-3H3;6H,1-2,4-5H2,3H3;4H,2-3H2,1H3;2H,1H3;1H3;/q;;;-2;;;-1;+1. The van der Waals surface area contributed by atoms with Crippen molar-refractivity contribution in [1.29, 1.82) is 0 Å². The Bertz CT molecular complexity index is 1290. The van der Waals surface area contributed by atoms with Crippen molar-refractivity contribution in [1.82, 2.24) is 4.90 Å². The number of carbonyl (C=O) groups excluding carboxylic acids is 4. The summed E-state index contributed by atoms with van der Waals surface area (Å²) in [6, 6.07) is 0. The third-order valence-corrected chi connectivity index (χ3v) is 16.9. The number of hydrogen-bond acceptors (Lipinski definition) is 9. The van der Waals surface area contributed by atoms with Gasteiger partial charge in [0.15, 0.2) is 0 Å². The van der Waals surface area contributed by atoms with Crippen LogP contribution >= 0.6 is 0 Å². The van der Waals surface area contributed by atoms with E-state index in [1.54, 1.807) is 0 Å². The molecule has 0 saturated heterocycles. The van der Waals surface area contributed by atoms with E-state index in [1.807, 2.05) is 6.92 Å². The zero-order valence-corrected chi connectivity index (χ0v) is 69.8. The van der Waals surface area contributed by atoms with Crippen molar-refractivity contribution < 1.29 is 94.2 Å². The zero-order valence-electron chi connectivity index (χ0n) is 66.7. The Morgan fingerprint density at radius 3 is 1.01 bits per heavy atom. The molecule has 10 nitrogen and oxygen atoms in total. The first kappa shape index (κ1) is 110. The van der Waals surface area contributed by atoms with E-state index in [2.05, 4.69) is 99.6 Å². The first-order valence-corrected chi connectivity index (χ1v) is 40.1. The third kappa shape index (κ3) is 105. The summed E-state index contributed by atoms with van der Waals surface area (Å²) in [5, 5.41) is 0. The molecule has 0 aliphatic carbocycles. The summed E-state index contributed by atoms with van der Waals surface area (Å²) < 4.78 is 26.8. The van der Waals surface area contributed by atoms with Gasteiger partial charge in [0.2, 0.25) is 5.91 Å². The fourth-order valence-corrected chi connectivity index (χ4v) is 10.5. The molecule has 11 heteroatoms. The van der Waals surface area contributed by atoms with Gasteiger partial charge in [0.1, 0.15) is 12.4 Å². The Morgan fingerprint density at radius 1 is 0.372 bits per heavy atom. The Hall–Kier alpha value is -0.404. The summed E-state index contributed by atoms with van der Waals surface area (Å²) in [6.07, 6.45) is 64.4. The normalized spacial score (nSPS) is 10.8. The summed E-state index contributed by atoms with van der Waals surface area (Å²) >= 11 is 0. The van der Waals surface area contributed by atoms with Gasteiger partial charge < -0.3 is 54.7 Å². The molecule has 0 aromatic rings. The van der Waals surface area contributed by atoms with Gasteiger partial charge in [0.25, 0.3) is 6.47 Å². The largest absolute Gasteiger partial charge is 1.00 e. The molecule has 94 heavy (non-hydrogen) atoms. The number of carbonyl (C=O) groups is 4. The Labute approximate surface area is 634 Å². The van der Waals surface area contributed by atoms with Gasteiger partial charge in [-0.3, -0.25) is 14.4 Å². The van der Waals surface area contributed by atoms with Crippen molar-refractivity contribution in [2.75, 3.05) is 59.3 Å². The first-order chi connectivity index (χ1) is 44.9. The molecule has 564 valence electrons. The summed E-state index contributed by atoms with van der Waals surface area (Å²) in [6.45, 7) is 41.8. The number of nitrogens with zero attached hydrogens (tertiary/aromatic N) is 1. The van der Waals surface area contributed by atoms with Gasteiger partial charge in [-0.2, -0.15) is 12.8 Å². The molecule has 0 N–H and O–H groups in total. The van der Waals surface area contributed by atoms with Crippen molar-refractivity contribution in [3.8, 4) is 0 Å². The number of rotatable bonds is 65. The maximum Gasteiger partial charge on any atom is 1.00 e. The maximum atomic E-state index is 13.1. The van der Waals surface area contributed by atoms with Gasteiger partial charge in [0.05, 0.1) is 39.6 Å². The van der Waals surface area contributed by atoms with Crippen molar-refractivity contribution in [2.45, 2.75) is 417 Å². The Morgan fingerprint density at radius 2 is 0.681 bits per heavy atom. The van der Waals surface area contributed by atoms with Crippen molar-refractivity contribution >= 4 is 24.6 Å². The molecule has 0 aromatic heterocycles. The molecule has 0 bridgehead atoms.